The minimum Gasteiger partial charge on any atom is -0.207 e. The Morgan fingerprint density at radius 1 is 1.28 bits per heavy atom. The Labute approximate surface area is 112 Å². The third-order valence-electron chi connectivity index (χ3n) is 2.03. The van der Waals surface area contributed by atoms with E-state index in [0.717, 1.165) is 6.07 Å². The van der Waals surface area contributed by atoms with E-state index in [1.807, 2.05) is 0 Å². The molecule has 1 atom stereocenters. The second-order valence-corrected chi connectivity index (χ2v) is 5.90. The third-order valence-corrected chi connectivity index (χ3v) is 4.54. The predicted molar refractivity (Wildman–Crippen MR) is 62.3 cm³/mol. The van der Waals surface area contributed by atoms with Crippen molar-refractivity contribution in [3.05, 3.63) is 28.2 Å². The molecule has 1 aromatic carbocycles. The SMILES string of the molecule is CC(NS(=O)(=O)c1cccc(Cl)c1Cl)C(F)(F)F. The fourth-order valence-electron chi connectivity index (χ4n) is 1.05. The molecule has 0 aliphatic heterocycles. The molecule has 0 saturated carbocycles. The van der Waals surface area contributed by atoms with Crippen LogP contribution in [-0.4, -0.2) is 20.6 Å². The zero-order valence-electron chi connectivity index (χ0n) is 8.92. The molecule has 0 amide bonds. The van der Waals surface area contributed by atoms with Gasteiger partial charge in [0.15, 0.2) is 0 Å². The van der Waals surface area contributed by atoms with E-state index in [2.05, 4.69) is 0 Å². The van der Waals surface area contributed by atoms with E-state index in [0.29, 0.717) is 6.92 Å². The highest BCUT2D eigenvalue weighted by molar-refractivity contribution is 7.89. The number of nitrogens with one attached hydrogen (secondary N) is 1. The zero-order valence-corrected chi connectivity index (χ0v) is 11.3. The predicted octanol–water partition coefficient (Wildman–Crippen LogP) is 3.22. The lowest BCUT2D eigenvalue weighted by Gasteiger charge is -2.17. The first-order valence-electron chi connectivity index (χ1n) is 4.59. The highest BCUT2D eigenvalue weighted by atomic mass is 35.5. The quantitative estimate of drug-likeness (QED) is 0.929. The molecule has 1 aromatic rings. The minimum atomic E-state index is -4.68. The summed E-state index contributed by atoms with van der Waals surface area (Å²) in [5.41, 5.74) is 0. The maximum Gasteiger partial charge on any atom is 0.404 e. The first kappa shape index (κ1) is 15.6. The molecule has 0 bridgehead atoms. The Hall–Kier alpha value is -0.500. The Bertz CT molecular complexity index is 545. The van der Waals surface area contributed by atoms with Gasteiger partial charge in [-0.05, 0) is 19.1 Å². The van der Waals surface area contributed by atoms with Gasteiger partial charge in [0.25, 0.3) is 0 Å². The highest BCUT2D eigenvalue weighted by Gasteiger charge is 2.39. The fourth-order valence-corrected chi connectivity index (χ4v) is 3.05. The molecule has 102 valence electrons. The van der Waals surface area contributed by atoms with Crippen molar-refractivity contribution in [2.45, 2.75) is 24.0 Å². The van der Waals surface area contributed by atoms with Gasteiger partial charge in [0, 0.05) is 0 Å². The monoisotopic (exact) mass is 321 g/mol. The molecule has 0 radical (unpaired) electrons. The molecule has 0 saturated heterocycles. The summed E-state index contributed by atoms with van der Waals surface area (Å²) in [5.74, 6) is 0. The molecule has 9 heteroatoms. The molecule has 1 unspecified atom stereocenters. The Morgan fingerprint density at radius 3 is 2.33 bits per heavy atom. The molecule has 1 rings (SSSR count). The molecule has 0 heterocycles. The van der Waals surface area contributed by atoms with Crippen LogP contribution in [0.25, 0.3) is 0 Å². The van der Waals surface area contributed by atoms with E-state index >= 15 is 0 Å². The van der Waals surface area contributed by atoms with E-state index in [1.165, 1.54) is 16.9 Å². The average molecular weight is 322 g/mol. The Kier molecular flexibility index (Phi) is 4.53. The van der Waals surface area contributed by atoms with Gasteiger partial charge in [-0.3, -0.25) is 0 Å². The normalized spacial score (nSPS) is 14.6. The van der Waals surface area contributed by atoms with Crippen LogP contribution in [0.4, 0.5) is 13.2 Å². The van der Waals surface area contributed by atoms with Crippen LogP contribution in [0.3, 0.4) is 0 Å². The number of rotatable bonds is 3. The molecular weight excluding hydrogens is 314 g/mol. The van der Waals surface area contributed by atoms with E-state index in [1.54, 1.807) is 0 Å². The maximum atomic E-state index is 12.3. The van der Waals surface area contributed by atoms with Gasteiger partial charge >= 0.3 is 6.18 Å². The van der Waals surface area contributed by atoms with Crippen LogP contribution in [0.5, 0.6) is 0 Å². The summed E-state index contributed by atoms with van der Waals surface area (Å²) >= 11 is 11.2. The van der Waals surface area contributed by atoms with Gasteiger partial charge in [-0.25, -0.2) is 8.42 Å². The van der Waals surface area contributed by atoms with Crippen molar-refractivity contribution < 1.29 is 21.6 Å². The molecule has 0 spiro atoms. The topological polar surface area (TPSA) is 46.2 Å². The average Bonchev–Trinajstić information content (AvgIpc) is 2.19. The molecule has 0 aliphatic carbocycles. The molecule has 0 fully saturated rings. The molecule has 0 aliphatic rings. The summed E-state index contributed by atoms with van der Waals surface area (Å²) < 4.78 is 61.8. The summed E-state index contributed by atoms with van der Waals surface area (Å²) in [6, 6.07) is 1.45. The third kappa shape index (κ3) is 3.50. The molecule has 1 N–H and O–H groups in total. The van der Waals surface area contributed by atoms with Gasteiger partial charge in [-0.2, -0.15) is 17.9 Å². The first-order valence-corrected chi connectivity index (χ1v) is 6.82. The van der Waals surface area contributed by atoms with Crippen molar-refractivity contribution >= 4 is 33.2 Å². The smallest absolute Gasteiger partial charge is 0.207 e. The molecule has 3 nitrogen and oxygen atoms in total. The summed E-state index contributed by atoms with van der Waals surface area (Å²) in [4.78, 5) is -0.493. The zero-order chi connectivity index (χ0) is 14.1. The van der Waals surface area contributed by atoms with Crippen LogP contribution >= 0.6 is 23.2 Å². The van der Waals surface area contributed by atoms with Crippen LogP contribution < -0.4 is 4.72 Å². The van der Waals surface area contributed by atoms with E-state index in [4.69, 9.17) is 23.2 Å². The van der Waals surface area contributed by atoms with Gasteiger partial charge in [-0.15, -0.1) is 0 Å². The van der Waals surface area contributed by atoms with Crippen molar-refractivity contribution in [1.82, 2.24) is 4.72 Å². The van der Waals surface area contributed by atoms with Crippen molar-refractivity contribution in [1.29, 1.82) is 0 Å². The van der Waals surface area contributed by atoms with Crippen molar-refractivity contribution in [2.24, 2.45) is 0 Å². The number of alkyl halides is 3. The number of benzene rings is 1. The molecule has 0 aromatic heterocycles. The second kappa shape index (κ2) is 5.24. The van der Waals surface area contributed by atoms with E-state index < -0.39 is 27.1 Å². The van der Waals surface area contributed by atoms with Gasteiger partial charge in [0.2, 0.25) is 10.0 Å². The number of hydrogen-bond donors (Lipinski definition) is 1. The van der Waals surface area contributed by atoms with Crippen LogP contribution in [0.15, 0.2) is 23.1 Å². The van der Waals surface area contributed by atoms with Gasteiger partial charge in [0.05, 0.1) is 10.0 Å². The van der Waals surface area contributed by atoms with Crippen molar-refractivity contribution in [3.63, 3.8) is 0 Å². The van der Waals surface area contributed by atoms with Crippen molar-refractivity contribution in [2.75, 3.05) is 0 Å². The number of hydrogen-bond acceptors (Lipinski definition) is 2. The standard InChI is InChI=1S/C9H8Cl2F3NO2S/c1-5(9(12,13)14)15-18(16,17)7-4-2-3-6(10)8(7)11/h2-5,15H,1H3. The van der Waals surface area contributed by atoms with Crippen LogP contribution in [0.2, 0.25) is 10.0 Å². The Morgan fingerprint density at radius 2 is 1.83 bits per heavy atom. The summed E-state index contributed by atoms with van der Waals surface area (Å²) in [6.07, 6.45) is -4.68. The summed E-state index contributed by atoms with van der Waals surface area (Å²) in [6.45, 7) is 0.690. The lowest BCUT2D eigenvalue weighted by molar-refractivity contribution is -0.147. The lowest BCUT2D eigenvalue weighted by atomic mass is 10.4. The van der Waals surface area contributed by atoms with Crippen molar-refractivity contribution in [3.8, 4) is 0 Å². The van der Waals surface area contributed by atoms with E-state index in [-0.39, 0.29) is 10.0 Å². The van der Waals surface area contributed by atoms with E-state index in [9.17, 15) is 21.6 Å². The summed E-state index contributed by atoms with van der Waals surface area (Å²) in [7, 11) is -4.38. The summed E-state index contributed by atoms with van der Waals surface area (Å²) in [5, 5.41) is -0.375. The first-order chi connectivity index (χ1) is 8.05. The number of sulfonamides is 1. The maximum absolute atomic E-state index is 12.3. The largest absolute Gasteiger partial charge is 0.404 e. The molecule has 18 heavy (non-hydrogen) atoms. The fraction of sp³-hybridized carbons (Fsp3) is 0.333. The lowest BCUT2D eigenvalue weighted by Crippen LogP contribution is -2.43. The Balaban J connectivity index is 3.12. The van der Waals surface area contributed by atoms with Crippen LogP contribution in [-0.2, 0) is 10.0 Å². The van der Waals surface area contributed by atoms with Gasteiger partial charge < -0.3 is 0 Å². The van der Waals surface area contributed by atoms with Crippen LogP contribution in [0, 0.1) is 0 Å². The highest BCUT2D eigenvalue weighted by Crippen LogP contribution is 2.30. The number of halogens is 5. The van der Waals surface area contributed by atoms with Gasteiger partial charge in [0.1, 0.15) is 10.9 Å². The van der Waals surface area contributed by atoms with Crippen LogP contribution in [0.1, 0.15) is 6.92 Å². The molecular formula is C9H8Cl2F3NO2S. The van der Waals surface area contributed by atoms with Gasteiger partial charge in [-0.1, -0.05) is 29.3 Å². The second-order valence-electron chi connectivity index (χ2n) is 3.44. The minimum absolute atomic E-state index is 0.0563.